The molecule has 8 heteroatoms. The average molecular weight is 502 g/mol. The number of aromatic nitrogens is 1. The second-order valence-corrected chi connectivity index (χ2v) is 9.17. The van der Waals surface area contributed by atoms with Crippen molar-refractivity contribution in [2.45, 2.75) is 13.1 Å². The third-order valence-corrected chi connectivity index (χ3v) is 6.56. The normalized spacial score (nSPS) is 10.6. The molecule has 0 bridgehead atoms. The van der Waals surface area contributed by atoms with Gasteiger partial charge in [0.15, 0.2) is 5.13 Å². The quantitative estimate of drug-likeness (QED) is 0.322. The minimum Gasteiger partial charge on any atom is -0.497 e. The molecule has 4 rings (SSSR count). The molecule has 184 valence electrons. The Bertz CT molecular complexity index is 1300. The summed E-state index contributed by atoms with van der Waals surface area (Å²) in [6, 6.07) is 25.3. The van der Waals surface area contributed by atoms with Crippen molar-refractivity contribution in [3.63, 3.8) is 0 Å². The van der Waals surface area contributed by atoms with Gasteiger partial charge in [0, 0.05) is 36.6 Å². The fraction of sp³-hybridized carbons (Fsp3) is 0.179. The lowest BCUT2D eigenvalue weighted by molar-refractivity contribution is -0.137. The highest BCUT2D eigenvalue weighted by molar-refractivity contribution is 7.14. The third kappa shape index (κ3) is 6.28. The van der Waals surface area contributed by atoms with Crippen LogP contribution in [0.3, 0.4) is 0 Å². The molecule has 7 nitrogen and oxygen atoms in total. The van der Waals surface area contributed by atoms with Gasteiger partial charge < -0.3 is 19.6 Å². The van der Waals surface area contributed by atoms with Crippen LogP contribution in [-0.2, 0) is 17.9 Å². The Balaban J connectivity index is 1.55. The Labute approximate surface area is 214 Å². The Hall–Kier alpha value is -4.17. The number of carbonyl (C=O) groups is 2. The van der Waals surface area contributed by atoms with E-state index >= 15 is 0 Å². The molecule has 0 saturated heterocycles. The minimum absolute atomic E-state index is 0.325. The number of nitrogens with zero attached hydrogens (tertiary/aromatic N) is 3. The molecule has 1 aromatic heterocycles. The van der Waals surface area contributed by atoms with Crippen LogP contribution in [0.5, 0.6) is 5.75 Å². The summed E-state index contributed by atoms with van der Waals surface area (Å²) in [5.74, 6) is -0.568. The maximum absolute atomic E-state index is 12.5. The van der Waals surface area contributed by atoms with Gasteiger partial charge in [-0.05, 0) is 47.5 Å². The van der Waals surface area contributed by atoms with E-state index in [0.717, 1.165) is 27.7 Å². The number of carbonyl (C=O) groups excluding carboxylic acids is 1. The van der Waals surface area contributed by atoms with Crippen LogP contribution in [0.4, 0.5) is 5.13 Å². The van der Waals surface area contributed by atoms with Crippen molar-refractivity contribution < 1.29 is 19.4 Å². The first-order valence-electron chi connectivity index (χ1n) is 11.4. The fourth-order valence-electron chi connectivity index (χ4n) is 3.77. The standard InChI is InChI=1S/C28H27N3O4S/c1-30(18-26(32)33)27(34)23-10-8-21(9-11-23)17-31(16-20-6-4-3-5-7-20)28-29-25(19-36-28)22-12-14-24(35-2)15-13-22/h3-15,19H,16-18H2,1-2H3,(H,32,33). The zero-order valence-electron chi connectivity index (χ0n) is 20.1. The highest BCUT2D eigenvalue weighted by Gasteiger charge is 2.16. The number of thiazole rings is 1. The first-order chi connectivity index (χ1) is 17.4. The average Bonchev–Trinajstić information content (AvgIpc) is 3.39. The molecule has 0 radical (unpaired) electrons. The van der Waals surface area contributed by atoms with Gasteiger partial charge in [0.05, 0.1) is 12.8 Å². The van der Waals surface area contributed by atoms with E-state index in [2.05, 4.69) is 22.4 Å². The van der Waals surface area contributed by atoms with E-state index < -0.39 is 5.97 Å². The first kappa shape index (κ1) is 24.9. The number of anilines is 1. The maximum Gasteiger partial charge on any atom is 0.323 e. The lowest BCUT2D eigenvalue weighted by atomic mass is 10.1. The van der Waals surface area contributed by atoms with E-state index in [-0.39, 0.29) is 12.5 Å². The van der Waals surface area contributed by atoms with Crippen LogP contribution in [0.2, 0.25) is 0 Å². The molecule has 0 aliphatic rings. The van der Waals surface area contributed by atoms with Crippen molar-refractivity contribution in [3.05, 3.63) is 101 Å². The molecule has 0 spiro atoms. The summed E-state index contributed by atoms with van der Waals surface area (Å²) in [5.41, 5.74) is 4.56. The van der Waals surface area contributed by atoms with Crippen molar-refractivity contribution in [2.24, 2.45) is 0 Å². The van der Waals surface area contributed by atoms with Gasteiger partial charge in [-0.3, -0.25) is 9.59 Å². The zero-order chi connectivity index (χ0) is 25.5. The number of carboxylic acid groups (broad SMARTS) is 1. The van der Waals surface area contributed by atoms with E-state index in [4.69, 9.17) is 14.8 Å². The molecule has 0 aliphatic carbocycles. The predicted octanol–water partition coefficient (Wildman–Crippen LogP) is 5.18. The highest BCUT2D eigenvalue weighted by atomic mass is 32.1. The predicted molar refractivity (Wildman–Crippen MR) is 141 cm³/mol. The van der Waals surface area contributed by atoms with Crippen molar-refractivity contribution in [3.8, 4) is 17.0 Å². The molecular weight excluding hydrogens is 474 g/mol. The van der Waals surface area contributed by atoms with Gasteiger partial charge in [0.25, 0.3) is 5.91 Å². The molecular formula is C28H27N3O4S. The topological polar surface area (TPSA) is 83.0 Å². The van der Waals surface area contributed by atoms with Crippen LogP contribution in [-0.4, -0.2) is 47.6 Å². The SMILES string of the molecule is COc1ccc(-c2csc(N(Cc3ccccc3)Cc3ccc(C(=O)N(C)CC(=O)O)cc3)n2)cc1. The van der Waals surface area contributed by atoms with E-state index in [1.165, 1.54) is 17.5 Å². The van der Waals surface area contributed by atoms with Gasteiger partial charge in [-0.15, -0.1) is 11.3 Å². The van der Waals surface area contributed by atoms with Crippen LogP contribution in [0.25, 0.3) is 11.3 Å². The number of rotatable bonds is 10. The number of benzene rings is 3. The van der Waals surface area contributed by atoms with Crippen molar-refractivity contribution in [1.82, 2.24) is 9.88 Å². The number of likely N-dealkylation sites (N-methyl/N-ethyl adjacent to an activating group) is 1. The Morgan fingerprint density at radius 1 is 0.917 bits per heavy atom. The van der Waals surface area contributed by atoms with Crippen LogP contribution >= 0.6 is 11.3 Å². The van der Waals surface area contributed by atoms with Crippen LogP contribution < -0.4 is 9.64 Å². The van der Waals surface area contributed by atoms with Crippen LogP contribution in [0, 0.1) is 0 Å². The van der Waals surface area contributed by atoms with E-state index in [1.807, 2.05) is 54.6 Å². The van der Waals surface area contributed by atoms with E-state index in [9.17, 15) is 9.59 Å². The molecule has 36 heavy (non-hydrogen) atoms. The molecule has 1 amide bonds. The van der Waals surface area contributed by atoms with Gasteiger partial charge >= 0.3 is 5.97 Å². The van der Waals surface area contributed by atoms with Gasteiger partial charge in [-0.2, -0.15) is 0 Å². The molecule has 0 aliphatic heterocycles. The molecule has 1 N–H and O–H groups in total. The van der Waals surface area contributed by atoms with Gasteiger partial charge in [-0.1, -0.05) is 42.5 Å². The van der Waals surface area contributed by atoms with E-state index in [1.54, 1.807) is 30.6 Å². The lowest BCUT2D eigenvalue weighted by Crippen LogP contribution is -2.31. The zero-order valence-corrected chi connectivity index (χ0v) is 20.9. The summed E-state index contributed by atoms with van der Waals surface area (Å²) < 4.78 is 5.26. The van der Waals surface area contributed by atoms with E-state index in [0.29, 0.717) is 18.7 Å². The smallest absolute Gasteiger partial charge is 0.323 e. The van der Waals surface area contributed by atoms with Crippen LogP contribution in [0.15, 0.2) is 84.2 Å². The fourth-order valence-corrected chi connectivity index (χ4v) is 4.60. The third-order valence-electron chi connectivity index (χ3n) is 5.66. The van der Waals surface area contributed by atoms with Gasteiger partial charge in [0.2, 0.25) is 0 Å². The number of aliphatic carboxylic acids is 1. The number of hydrogen-bond donors (Lipinski definition) is 1. The number of amides is 1. The molecule has 1 heterocycles. The summed E-state index contributed by atoms with van der Waals surface area (Å²) in [4.78, 5) is 31.7. The summed E-state index contributed by atoms with van der Waals surface area (Å²) >= 11 is 1.59. The summed E-state index contributed by atoms with van der Waals surface area (Å²) in [6.07, 6.45) is 0. The largest absolute Gasteiger partial charge is 0.497 e. The first-order valence-corrected chi connectivity index (χ1v) is 12.3. The summed E-state index contributed by atoms with van der Waals surface area (Å²) in [6.45, 7) is 0.939. The Kier molecular flexibility index (Phi) is 7.97. The molecule has 0 saturated carbocycles. The second kappa shape index (κ2) is 11.5. The van der Waals surface area contributed by atoms with Crippen LogP contribution in [0.1, 0.15) is 21.5 Å². The maximum atomic E-state index is 12.5. The molecule has 0 unspecified atom stereocenters. The number of methoxy groups -OCH3 is 1. The van der Waals surface area contributed by atoms with Gasteiger partial charge in [0.1, 0.15) is 12.3 Å². The molecule has 4 aromatic rings. The number of ether oxygens (including phenoxy) is 1. The van der Waals surface area contributed by atoms with Gasteiger partial charge in [-0.25, -0.2) is 4.98 Å². The Morgan fingerprint density at radius 2 is 1.56 bits per heavy atom. The van der Waals surface area contributed by atoms with Crippen molar-refractivity contribution in [2.75, 3.05) is 25.6 Å². The second-order valence-electron chi connectivity index (χ2n) is 8.34. The Morgan fingerprint density at radius 3 is 2.17 bits per heavy atom. The van der Waals surface area contributed by atoms with Crippen molar-refractivity contribution in [1.29, 1.82) is 0 Å². The molecule has 0 fully saturated rings. The molecule has 3 aromatic carbocycles. The molecule has 0 atom stereocenters. The lowest BCUT2D eigenvalue weighted by Gasteiger charge is -2.22. The monoisotopic (exact) mass is 501 g/mol. The minimum atomic E-state index is -1.04. The van der Waals surface area contributed by atoms with Crippen molar-refractivity contribution >= 4 is 28.3 Å². The number of hydrogen-bond acceptors (Lipinski definition) is 6. The highest BCUT2D eigenvalue weighted by Crippen LogP contribution is 2.30. The number of carboxylic acids is 1. The summed E-state index contributed by atoms with van der Waals surface area (Å²) in [7, 11) is 3.13. The summed E-state index contributed by atoms with van der Waals surface area (Å²) in [5, 5.41) is 11.9.